The average Bonchev–Trinajstić information content (AvgIpc) is 4.05. The van der Waals surface area contributed by atoms with Crippen LogP contribution in [0.25, 0.3) is 44.2 Å². The standard InChI is InChI=1S/C43H55N9O6/c1-24(2)36(48-42(54)57-6)41(53)51-22-26(23-56-5)19-35(51)40-45-32-17-15-30-20-29(14-16-31(30)37(32)47-40)27-10-12-28(13-11-27)33-21-44-39(46-33)34-9-8-18-52(34)50-38(25(3)4)49-43(55)58-7/h10-17,20-21,24-26,34-36,38,50H,8-9,18-19,22-23H2,1-7H3,(H,44,46)(H,45,47)(H,48,54)(H,49,55)/t26-,34-,35-,36-,38+/m0/s1. The van der Waals surface area contributed by atoms with Gasteiger partial charge in [0.05, 0.1) is 62.0 Å². The molecule has 2 fully saturated rings. The zero-order valence-corrected chi connectivity index (χ0v) is 34.3. The van der Waals surface area contributed by atoms with Crippen LogP contribution >= 0.6 is 0 Å². The van der Waals surface area contributed by atoms with Gasteiger partial charge >= 0.3 is 12.2 Å². The van der Waals surface area contributed by atoms with E-state index in [1.165, 1.54) is 14.2 Å². The molecule has 3 aromatic carbocycles. The van der Waals surface area contributed by atoms with Crippen molar-refractivity contribution in [3.05, 3.63) is 72.4 Å². The Morgan fingerprint density at radius 2 is 1.57 bits per heavy atom. The Hall–Kier alpha value is -5.51. The second-order valence-corrected chi connectivity index (χ2v) is 16.0. The Labute approximate surface area is 338 Å². The summed E-state index contributed by atoms with van der Waals surface area (Å²) in [6.07, 6.45) is 3.14. The molecule has 0 spiro atoms. The lowest BCUT2D eigenvalue weighted by atomic mass is 9.99. The largest absolute Gasteiger partial charge is 0.453 e. The summed E-state index contributed by atoms with van der Waals surface area (Å²) < 4.78 is 15.1. The molecule has 15 nitrogen and oxygen atoms in total. The third-order valence-electron chi connectivity index (χ3n) is 11.4. The van der Waals surface area contributed by atoms with Crippen molar-refractivity contribution in [2.75, 3.05) is 41.0 Å². The smallest absolute Gasteiger partial charge is 0.408 e. The van der Waals surface area contributed by atoms with Gasteiger partial charge in [-0.15, -0.1) is 0 Å². The number of hydrogen-bond acceptors (Lipinski definition) is 10. The maximum atomic E-state index is 14.0. The van der Waals surface area contributed by atoms with Gasteiger partial charge < -0.3 is 39.7 Å². The minimum absolute atomic E-state index is 0.0446. The number of carbonyl (C=O) groups is 3. The van der Waals surface area contributed by atoms with E-state index in [1.54, 1.807) is 7.11 Å². The molecule has 2 aliphatic rings. The molecule has 5 atom stereocenters. The summed E-state index contributed by atoms with van der Waals surface area (Å²) in [5, 5.41) is 9.84. The van der Waals surface area contributed by atoms with E-state index in [1.807, 2.05) is 44.9 Å². The minimum atomic E-state index is -0.737. The number of hydrogen-bond donors (Lipinski definition) is 5. The average molecular weight is 794 g/mol. The van der Waals surface area contributed by atoms with E-state index < -0.39 is 18.2 Å². The van der Waals surface area contributed by atoms with Crippen molar-refractivity contribution < 1.29 is 28.6 Å². The van der Waals surface area contributed by atoms with E-state index in [-0.39, 0.29) is 41.9 Å². The molecule has 2 aliphatic heterocycles. The number of hydrazine groups is 1. The van der Waals surface area contributed by atoms with Crippen molar-refractivity contribution in [3.63, 3.8) is 0 Å². The molecule has 2 aromatic heterocycles. The summed E-state index contributed by atoms with van der Waals surface area (Å²) in [6, 6.07) is 18.0. The first-order valence-electron chi connectivity index (χ1n) is 20.1. The lowest BCUT2D eigenvalue weighted by molar-refractivity contribution is -0.135. The number of imidazole rings is 2. The molecule has 5 N–H and O–H groups in total. The van der Waals surface area contributed by atoms with Crippen molar-refractivity contribution in [3.8, 4) is 22.4 Å². The second kappa shape index (κ2) is 17.5. The van der Waals surface area contributed by atoms with Crippen LogP contribution in [0.5, 0.6) is 0 Å². The minimum Gasteiger partial charge on any atom is -0.453 e. The zero-order chi connectivity index (χ0) is 41.1. The molecule has 5 aromatic rings. The third-order valence-corrected chi connectivity index (χ3v) is 11.4. The lowest BCUT2D eigenvalue weighted by Gasteiger charge is -2.31. The number of nitrogens with one attached hydrogen (secondary N) is 5. The Bertz CT molecular complexity index is 2230. The lowest BCUT2D eigenvalue weighted by Crippen LogP contribution is -2.55. The highest BCUT2D eigenvalue weighted by Gasteiger charge is 2.41. The fraction of sp³-hybridized carbons (Fsp3) is 0.465. The monoisotopic (exact) mass is 793 g/mol. The van der Waals surface area contributed by atoms with Crippen LogP contribution < -0.4 is 16.1 Å². The van der Waals surface area contributed by atoms with Crippen LogP contribution in [0.4, 0.5) is 9.59 Å². The van der Waals surface area contributed by atoms with Gasteiger partial charge in [0.1, 0.15) is 17.7 Å². The molecule has 308 valence electrons. The number of carbonyl (C=O) groups excluding carboxylic acids is 3. The van der Waals surface area contributed by atoms with Crippen molar-refractivity contribution in [1.29, 1.82) is 0 Å². The summed E-state index contributed by atoms with van der Waals surface area (Å²) >= 11 is 0. The summed E-state index contributed by atoms with van der Waals surface area (Å²) in [7, 11) is 4.33. The van der Waals surface area contributed by atoms with E-state index in [0.717, 1.165) is 69.4 Å². The summed E-state index contributed by atoms with van der Waals surface area (Å²) in [6.45, 7) is 9.76. The van der Waals surface area contributed by atoms with Gasteiger partial charge in [0.25, 0.3) is 0 Å². The quantitative estimate of drug-likeness (QED) is 0.0809. The highest BCUT2D eigenvalue weighted by Crippen LogP contribution is 2.38. The first-order valence-corrected chi connectivity index (χ1v) is 20.1. The molecule has 0 unspecified atom stereocenters. The van der Waals surface area contributed by atoms with Gasteiger partial charge in [0, 0.05) is 31.5 Å². The van der Waals surface area contributed by atoms with E-state index in [2.05, 4.69) is 79.6 Å². The second-order valence-electron chi connectivity index (χ2n) is 16.0. The molecule has 4 heterocycles. The molecular formula is C43H55N9O6. The van der Waals surface area contributed by atoms with Crippen LogP contribution in [0.3, 0.4) is 0 Å². The van der Waals surface area contributed by atoms with E-state index in [9.17, 15) is 14.4 Å². The number of nitrogens with zero attached hydrogens (tertiary/aromatic N) is 4. The van der Waals surface area contributed by atoms with Gasteiger partial charge in [-0.3, -0.25) is 4.79 Å². The number of fused-ring (bicyclic) bond motifs is 3. The van der Waals surface area contributed by atoms with E-state index in [0.29, 0.717) is 25.4 Å². The van der Waals surface area contributed by atoms with Crippen molar-refractivity contribution in [1.82, 2.24) is 45.9 Å². The molecule has 7 rings (SSSR count). The number of likely N-dealkylation sites (tertiary alicyclic amines) is 1. The summed E-state index contributed by atoms with van der Waals surface area (Å²) in [5.74, 6) is 1.55. The van der Waals surface area contributed by atoms with Crippen LogP contribution in [0.2, 0.25) is 0 Å². The molecular weight excluding hydrogens is 739 g/mol. The number of aromatic nitrogens is 4. The molecule has 3 amide bonds. The predicted octanol–water partition coefficient (Wildman–Crippen LogP) is 6.67. The fourth-order valence-electron chi connectivity index (χ4n) is 8.23. The number of alkyl carbamates (subject to hydrolysis) is 2. The van der Waals surface area contributed by atoms with E-state index >= 15 is 0 Å². The van der Waals surface area contributed by atoms with Gasteiger partial charge in [-0.25, -0.2) is 30.0 Å². The number of aromatic amines is 2. The molecule has 0 radical (unpaired) electrons. The summed E-state index contributed by atoms with van der Waals surface area (Å²) in [4.78, 5) is 56.8. The Balaban J connectivity index is 1.08. The first-order chi connectivity index (χ1) is 28.0. The van der Waals surface area contributed by atoms with Gasteiger partial charge in [-0.2, -0.15) is 0 Å². The number of H-pyrrole nitrogens is 2. The van der Waals surface area contributed by atoms with Crippen LogP contribution in [-0.4, -0.2) is 101 Å². The third kappa shape index (κ3) is 8.52. The van der Waals surface area contributed by atoms with Gasteiger partial charge in [0.2, 0.25) is 5.91 Å². The van der Waals surface area contributed by atoms with Crippen LogP contribution in [0, 0.1) is 17.8 Å². The number of rotatable bonds is 13. The molecule has 2 saturated heterocycles. The highest BCUT2D eigenvalue weighted by atomic mass is 16.5. The van der Waals surface area contributed by atoms with Crippen LogP contribution in [0.15, 0.2) is 60.8 Å². The normalized spacial score (nSPS) is 19.6. The van der Waals surface area contributed by atoms with Crippen LogP contribution in [0.1, 0.15) is 70.7 Å². The SMILES string of the molecule is COC[C@H]1C[C@@H](c2nc3c(ccc4cc(-c5ccc(-c6cnc([C@@H]7CCCN7N[C@@H](NC(=O)OC)C(C)C)[nH]6)cc5)ccc43)[nH]2)N(C(=O)[C@@H](NC(=O)OC)C(C)C)C1. The maximum Gasteiger partial charge on any atom is 0.408 e. The first kappa shape index (κ1) is 40.7. The Kier molecular flexibility index (Phi) is 12.3. The predicted molar refractivity (Wildman–Crippen MR) is 221 cm³/mol. The summed E-state index contributed by atoms with van der Waals surface area (Å²) in [5.41, 5.74) is 9.36. The number of benzene rings is 3. The molecule has 15 heteroatoms. The van der Waals surface area contributed by atoms with Gasteiger partial charge in [0.15, 0.2) is 0 Å². The van der Waals surface area contributed by atoms with Crippen LogP contribution in [-0.2, 0) is 19.0 Å². The number of amides is 3. The number of methoxy groups -OCH3 is 3. The zero-order valence-electron chi connectivity index (χ0n) is 34.3. The molecule has 58 heavy (non-hydrogen) atoms. The number of ether oxygens (including phenoxy) is 3. The molecule has 0 aliphatic carbocycles. The highest BCUT2D eigenvalue weighted by molar-refractivity contribution is 6.05. The maximum absolute atomic E-state index is 14.0. The topological polar surface area (TPSA) is 179 Å². The molecule has 0 bridgehead atoms. The van der Waals surface area contributed by atoms with Gasteiger partial charge in [-0.1, -0.05) is 70.2 Å². The van der Waals surface area contributed by atoms with E-state index in [4.69, 9.17) is 24.2 Å². The Morgan fingerprint density at radius 1 is 0.845 bits per heavy atom. The van der Waals surface area contributed by atoms with Gasteiger partial charge in [-0.05, 0) is 65.3 Å². The Morgan fingerprint density at radius 3 is 2.28 bits per heavy atom. The van der Waals surface area contributed by atoms with Crippen molar-refractivity contribution in [2.24, 2.45) is 17.8 Å². The molecule has 0 saturated carbocycles. The fourth-order valence-corrected chi connectivity index (χ4v) is 8.23. The van der Waals surface area contributed by atoms with Crippen molar-refractivity contribution >= 4 is 39.9 Å². The van der Waals surface area contributed by atoms with Crippen molar-refractivity contribution in [2.45, 2.75) is 71.2 Å².